The summed E-state index contributed by atoms with van der Waals surface area (Å²) in [6.07, 6.45) is 0. The van der Waals surface area contributed by atoms with Gasteiger partial charge in [-0.3, -0.25) is 9.59 Å². The van der Waals surface area contributed by atoms with Crippen LogP contribution in [0.3, 0.4) is 0 Å². The highest BCUT2D eigenvalue weighted by atomic mass is 16.2. The van der Waals surface area contributed by atoms with Gasteiger partial charge in [-0.1, -0.05) is 66.2 Å². The number of carbonyl (C=O) groups excluding carboxylic acids is 2. The zero-order valence-corrected chi connectivity index (χ0v) is 13.8. The zero-order valence-electron chi connectivity index (χ0n) is 13.8. The lowest BCUT2D eigenvalue weighted by Crippen LogP contribution is -2.36. The maximum atomic E-state index is 12.8. The van der Waals surface area contributed by atoms with E-state index in [9.17, 15) is 9.59 Å². The highest BCUT2D eigenvalue weighted by Crippen LogP contribution is 2.27. The van der Waals surface area contributed by atoms with Crippen molar-refractivity contribution in [2.45, 2.75) is 13.8 Å². The Hall–Kier alpha value is -2.94. The molecule has 0 atom stereocenters. The van der Waals surface area contributed by atoms with Crippen molar-refractivity contribution in [2.24, 2.45) is 0 Å². The Morgan fingerprint density at radius 2 is 1.54 bits per heavy atom. The van der Waals surface area contributed by atoms with Crippen LogP contribution in [0.1, 0.15) is 22.8 Å². The van der Waals surface area contributed by atoms with Gasteiger partial charge in [0.05, 0.1) is 5.69 Å². The Balaban J connectivity index is 2.00. The lowest BCUT2D eigenvalue weighted by Gasteiger charge is -2.22. The monoisotopic (exact) mass is 317 g/mol. The van der Waals surface area contributed by atoms with Gasteiger partial charge in [0.1, 0.15) is 0 Å². The number of hydrogen-bond acceptors (Lipinski definition) is 2. The summed E-state index contributed by atoms with van der Waals surface area (Å²) in [5.41, 5.74) is 2.24. The molecule has 0 aliphatic heterocycles. The van der Waals surface area contributed by atoms with Crippen LogP contribution in [-0.2, 0) is 4.79 Å². The van der Waals surface area contributed by atoms with E-state index < -0.39 is 11.7 Å². The van der Waals surface area contributed by atoms with Gasteiger partial charge in [-0.2, -0.15) is 0 Å². The summed E-state index contributed by atoms with van der Waals surface area (Å²) < 4.78 is 0. The molecule has 0 spiro atoms. The molecule has 0 unspecified atom stereocenters. The summed E-state index contributed by atoms with van der Waals surface area (Å²) >= 11 is 0. The number of benzene rings is 3. The van der Waals surface area contributed by atoms with E-state index in [4.69, 9.17) is 0 Å². The van der Waals surface area contributed by atoms with E-state index in [-0.39, 0.29) is 0 Å². The summed E-state index contributed by atoms with van der Waals surface area (Å²) in [5, 5.41) is 2.01. The van der Waals surface area contributed by atoms with Gasteiger partial charge >= 0.3 is 0 Å². The van der Waals surface area contributed by atoms with E-state index in [0.717, 1.165) is 22.0 Å². The minimum absolute atomic E-state index is 0.421. The van der Waals surface area contributed by atoms with Crippen molar-refractivity contribution in [3.63, 3.8) is 0 Å². The minimum Gasteiger partial charge on any atom is -0.305 e. The molecule has 0 heterocycles. The number of likely N-dealkylation sites (N-methyl/N-ethyl adjacent to an activating group) is 1. The molecule has 0 saturated heterocycles. The minimum atomic E-state index is -0.502. The molecule has 3 nitrogen and oxygen atoms in total. The Labute approximate surface area is 141 Å². The number of hydrogen-bond donors (Lipinski definition) is 0. The molecule has 3 rings (SSSR count). The molecule has 0 N–H and O–H groups in total. The topological polar surface area (TPSA) is 37.4 Å². The summed E-state index contributed by atoms with van der Waals surface area (Å²) in [4.78, 5) is 26.9. The van der Waals surface area contributed by atoms with Crippen LogP contribution in [0, 0.1) is 6.92 Å². The van der Waals surface area contributed by atoms with E-state index in [2.05, 4.69) is 0 Å². The van der Waals surface area contributed by atoms with E-state index in [1.807, 2.05) is 68.4 Å². The summed E-state index contributed by atoms with van der Waals surface area (Å²) in [6, 6.07) is 20.7. The summed E-state index contributed by atoms with van der Waals surface area (Å²) in [5.74, 6) is -0.984. The van der Waals surface area contributed by atoms with Crippen molar-refractivity contribution in [3.05, 3.63) is 77.9 Å². The molecule has 0 aliphatic carbocycles. The van der Waals surface area contributed by atoms with Gasteiger partial charge in [0.25, 0.3) is 11.7 Å². The van der Waals surface area contributed by atoms with Crippen LogP contribution in [0.15, 0.2) is 66.7 Å². The van der Waals surface area contributed by atoms with Gasteiger partial charge in [-0.05, 0) is 25.3 Å². The van der Waals surface area contributed by atoms with Crippen LogP contribution < -0.4 is 4.90 Å². The Bertz CT molecular complexity index is 892. The first-order valence-electron chi connectivity index (χ1n) is 8.02. The first-order chi connectivity index (χ1) is 11.6. The SMILES string of the molecule is CCN(C(=O)C(=O)c1ccc(C)cc1)c1cccc2ccccc12. The predicted octanol–water partition coefficient (Wildman–Crippen LogP) is 4.38. The second-order valence-corrected chi connectivity index (χ2v) is 5.74. The lowest BCUT2D eigenvalue weighted by atomic mass is 10.1. The van der Waals surface area contributed by atoms with E-state index in [1.54, 1.807) is 17.0 Å². The number of amides is 1. The molecule has 0 aromatic heterocycles. The molecule has 1 amide bonds. The van der Waals surface area contributed by atoms with E-state index >= 15 is 0 Å². The third kappa shape index (κ3) is 2.93. The molecule has 0 fully saturated rings. The van der Waals surface area contributed by atoms with Crippen LogP contribution in [0.2, 0.25) is 0 Å². The van der Waals surface area contributed by atoms with Crippen molar-refractivity contribution >= 4 is 28.2 Å². The summed E-state index contributed by atoms with van der Waals surface area (Å²) in [7, 11) is 0. The van der Waals surface area contributed by atoms with Crippen LogP contribution in [0.4, 0.5) is 5.69 Å². The first kappa shape index (κ1) is 15.9. The van der Waals surface area contributed by atoms with Gasteiger partial charge in [-0.25, -0.2) is 0 Å². The number of fused-ring (bicyclic) bond motifs is 1. The molecule has 3 aromatic carbocycles. The number of ketones is 1. The Morgan fingerprint density at radius 1 is 0.875 bits per heavy atom. The fourth-order valence-electron chi connectivity index (χ4n) is 2.82. The number of nitrogens with zero attached hydrogens (tertiary/aromatic N) is 1. The molecule has 0 bridgehead atoms. The molecule has 0 radical (unpaired) electrons. The third-order valence-corrected chi connectivity index (χ3v) is 4.13. The van der Waals surface area contributed by atoms with Crippen LogP contribution in [0.5, 0.6) is 0 Å². The molecule has 24 heavy (non-hydrogen) atoms. The molecule has 3 heteroatoms. The number of anilines is 1. The fraction of sp³-hybridized carbons (Fsp3) is 0.143. The average Bonchev–Trinajstić information content (AvgIpc) is 2.62. The van der Waals surface area contributed by atoms with Crippen molar-refractivity contribution < 1.29 is 9.59 Å². The molecular formula is C21H19NO2. The number of Topliss-reactive ketones (excluding diaryl/α,β-unsaturated/α-hetero) is 1. The normalized spacial score (nSPS) is 10.6. The number of carbonyl (C=O) groups is 2. The van der Waals surface area contributed by atoms with Gasteiger partial charge in [-0.15, -0.1) is 0 Å². The van der Waals surface area contributed by atoms with Crippen molar-refractivity contribution in [1.29, 1.82) is 0 Å². The van der Waals surface area contributed by atoms with E-state index in [0.29, 0.717) is 12.1 Å². The largest absolute Gasteiger partial charge is 0.305 e. The zero-order chi connectivity index (χ0) is 17.1. The van der Waals surface area contributed by atoms with Crippen LogP contribution in [-0.4, -0.2) is 18.2 Å². The molecule has 3 aromatic rings. The van der Waals surface area contributed by atoms with Crippen molar-refractivity contribution in [1.82, 2.24) is 0 Å². The van der Waals surface area contributed by atoms with Gasteiger partial charge in [0.15, 0.2) is 0 Å². The molecular weight excluding hydrogens is 298 g/mol. The van der Waals surface area contributed by atoms with Gasteiger partial charge in [0, 0.05) is 17.5 Å². The second kappa shape index (κ2) is 6.67. The molecule has 120 valence electrons. The predicted molar refractivity (Wildman–Crippen MR) is 97.5 cm³/mol. The maximum absolute atomic E-state index is 12.8. The van der Waals surface area contributed by atoms with Gasteiger partial charge in [0.2, 0.25) is 0 Å². The fourth-order valence-corrected chi connectivity index (χ4v) is 2.82. The maximum Gasteiger partial charge on any atom is 0.299 e. The number of rotatable bonds is 4. The lowest BCUT2D eigenvalue weighted by molar-refractivity contribution is -0.114. The smallest absolute Gasteiger partial charge is 0.299 e. The average molecular weight is 317 g/mol. The first-order valence-corrected chi connectivity index (χ1v) is 8.02. The highest BCUT2D eigenvalue weighted by Gasteiger charge is 2.24. The number of aryl methyl sites for hydroxylation is 1. The van der Waals surface area contributed by atoms with Crippen LogP contribution >= 0.6 is 0 Å². The standard InChI is InChI=1S/C21H19NO2/c1-3-22(19-10-6-8-16-7-4-5-9-18(16)19)21(24)20(23)17-13-11-15(2)12-14-17/h4-14H,3H2,1-2H3. The Morgan fingerprint density at radius 3 is 2.25 bits per heavy atom. The molecule has 0 saturated carbocycles. The third-order valence-electron chi connectivity index (χ3n) is 4.13. The quantitative estimate of drug-likeness (QED) is 0.529. The summed E-state index contributed by atoms with van der Waals surface area (Å²) in [6.45, 7) is 4.26. The van der Waals surface area contributed by atoms with E-state index in [1.165, 1.54) is 0 Å². The Kier molecular flexibility index (Phi) is 4.43. The van der Waals surface area contributed by atoms with Crippen molar-refractivity contribution in [3.8, 4) is 0 Å². The van der Waals surface area contributed by atoms with Gasteiger partial charge < -0.3 is 4.90 Å². The molecule has 0 aliphatic rings. The van der Waals surface area contributed by atoms with Crippen LogP contribution in [0.25, 0.3) is 10.8 Å². The van der Waals surface area contributed by atoms with Crippen molar-refractivity contribution in [2.75, 3.05) is 11.4 Å². The highest BCUT2D eigenvalue weighted by molar-refractivity contribution is 6.47. The second-order valence-electron chi connectivity index (χ2n) is 5.74.